The molecule has 0 amide bonds. The van der Waals surface area contributed by atoms with Crippen LogP contribution in [0.25, 0.3) is 0 Å². The van der Waals surface area contributed by atoms with Gasteiger partial charge in [0.25, 0.3) is 0 Å². The van der Waals surface area contributed by atoms with Crippen LogP contribution in [0.4, 0.5) is 17.5 Å². The Balaban J connectivity index is 1.60. The largest absolute Gasteiger partial charge is 0.493 e. The van der Waals surface area contributed by atoms with Gasteiger partial charge >= 0.3 is 0 Å². The van der Waals surface area contributed by atoms with E-state index in [1.165, 1.54) is 6.20 Å². The maximum absolute atomic E-state index is 8.98. The molecule has 1 aromatic heterocycles. The van der Waals surface area contributed by atoms with Crippen LogP contribution in [0.2, 0.25) is 0 Å². The van der Waals surface area contributed by atoms with Crippen LogP contribution in [-0.4, -0.2) is 35.9 Å². The zero-order chi connectivity index (χ0) is 19.8. The third-order valence-corrected chi connectivity index (χ3v) is 3.97. The summed E-state index contributed by atoms with van der Waals surface area (Å²) in [7, 11) is 3.23. The van der Waals surface area contributed by atoms with Gasteiger partial charge in [0.15, 0.2) is 17.3 Å². The Bertz CT molecular complexity index is 986. The van der Waals surface area contributed by atoms with Crippen LogP contribution in [-0.2, 0) is 6.42 Å². The lowest BCUT2D eigenvalue weighted by atomic mass is 10.1. The van der Waals surface area contributed by atoms with E-state index in [9.17, 15) is 0 Å². The SMILES string of the molecule is COc1ccc(CCNc2nncc(Nc3cccc(C#N)c3)n2)cc1OC. The molecule has 2 N–H and O–H groups in total. The molecule has 0 spiro atoms. The number of anilines is 3. The van der Waals surface area contributed by atoms with Crippen molar-refractivity contribution in [2.24, 2.45) is 0 Å². The quantitative estimate of drug-likeness (QED) is 0.618. The number of benzene rings is 2. The summed E-state index contributed by atoms with van der Waals surface area (Å²) in [4.78, 5) is 4.39. The molecule has 0 aliphatic rings. The van der Waals surface area contributed by atoms with Crippen LogP contribution >= 0.6 is 0 Å². The van der Waals surface area contributed by atoms with Crippen molar-refractivity contribution in [1.82, 2.24) is 15.2 Å². The summed E-state index contributed by atoms with van der Waals surface area (Å²) in [5.41, 5.74) is 2.43. The molecule has 0 aliphatic heterocycles. The molecule has 0 fully saturated rings. The molecule has 8 nitrogen and oxygen atoms in total. The maximum Gasteiger partial charge on any atom is 0.244 e. The molecule has 3 aromatic rings. The van der Waals surface area contributed by atoms with Crippen LogP contribution in [0.3, 0.4) is 0 Å². The number of methoxy groups -OCH3 is 2. The molecule has 0 radical (unpaired) electrons. The third-order valence-electron chi connectivity index (χ3n) is 3.97. The molecule has 0 saturated carbocycles. The first kappa shape index (κ1) is 18.9. The minimum absolute atomic E-state index is 0.418. The molecule has 1 heterocycles. The normalized spacial score (nSPS) is 10.0. The summed E-state index contributed by atoms with van der Waals surface area (Å²) in [5, 5.41) is 23.2. The summed E-state index contributed by atoms with van der Waals surface area (Å²) in [6.07, 6.45) is 2.28. The highest BCUT2D eigenvalue weighted by Crippen LogP contribution is 2.27. The van der Waals surface area contributed by atoms with Crippen molar-refractivity contribution >= 4 is 17.5 Å². The van der Waals surface area contributed by atoms with Crippen LogP contribution < -0.4 is 20.1 Å². The van der Waals surface area contributed by atoms with Crippen LogP contribution in [0.5, 0.6) is 11.5 Å². The Morgan fingerprint density at radius 2 is 1.93 bits per heavy atom. The predicted octanol–water partition coefficient (Wildman–Crippen LogP) is 3.16. The van der Waals surface area contributed by atoms with E-state index in [0.717, 1.165) is 17.7 Å². The van der Waals surface area contributed by atoms with E-state index in [1.807, 2.05) is 24.3 Å². The maximum atomic E-state index is 8.98. The molecule has 28 heavy (non-hydrogen) atoms. The lowest BCUT2D eigenvalue weighted by Gasteiger charge is -2.10. The Kier molecular flexibility index (Phi) is 6.21. The molecule has 0 aliphatic carbocycles. The fourth-order valence-corrected chi connectivity index (χ4v) is 2.61. The van der Waals surface area contributed by atoms with E-state index in [1.54, 1.807) is 32.4 Å². The highest BCUT2D eigenvalue weighted by Gasteiger charge is 2.06. The van der Waals surface area contributed by atoms with Gasteiger partial charge in [-0.15, -0.1) is 5.10 Å². The number of rotatable bonds is 8. The van der Waals surface area contributed by atoms with E-state index < -0.39 is 0 Å². The van der Waals surface area contributed by atoms with Gasteiger partial charge in [0.2, 0.25) is 5.95 Å². The molecule has 0 atom stereocenters. The Hall–Kier alpha value is -3.86. The first-order valence-electron chi connectivity index (χ1n) is 8.63. The van der Waals surface area contributed by atoms with Gasteiger partial charge in [-0.25, -0.2) is 0 Å². The highest BCUT2D eigenvalue weighted by atomic mass is 16.5. The number of hydrogen-bond donors (Lipinski definition) is 2. The summed E-state index contributed by atoms with van der Waals surface area (Å²) in [5.74, 6) is 2.36. The number of nitrogens with one attached hydrogen (secondary N) is 2. The van der Waals surface area contributed by atoms with Gasteiger partial charge in [0.05, 0.1) is 32.0 Å². The summed E-state index contributed by atoms with van der Waals surface area (Å²) in [6, 6.07) is 15.1. The van der Waals surface area contributed by atoms with Gasteiger partial charge in [0, 0.05) is 12.2 Å². The number of nitrogens with zero attached hydrogens (tertiary/aromatic N) is 4. The van der Waals surface area contributed by atoms with Gasteiger partial charge in [-0.05, 0) is 42.3 Å². The fraction of sp³-hybridized carbons (Fsp3) is 0.200. The molecular weight excluding hydrogens is 356 g/mol. The van der Waals surface area contributed by atoms with E-state index >= 15 is 0 Å². The van der Waals surface area contributed by atoms with E-state index in [-0.39, 0.29) is 0 Å². The lowest BCUT2D eigenvalue weighted by Crippen LogP contribution is -2.10. The van der Waals surface area contributed by atoms with Crippen LogP contribution in [0, 0.1) is 11.3 Å². The topological polar surface area (TPSA) is 105 Å². The van der Waals surface area contributed by atoms with E-state index in [2.05, 4.69) is 31.9 Å². The monoisotopic (exact) mass is 376 g/mol. The Labute approximate surface area is 163 Å². The molecule has 142 valence electrons. The first-order chi connectivity index (χ1) is 13.7. The summed E-state index contributed by atoms with van der Waals surface area (Å²) in [6.45, 7) is 0.629. The molecule has 2 aromatic carbocycles. The number of nitriles is 1. The smallest absolute Gasteiger partial charge is 0.244 e. The van der Waals surface area contributed by atoms with Crippen molar-refractivity contribution in [2.75, 3.05) is 31.4 Å². The number of aromatic nitrogens is 3. The minimum Gasteiger partial charge on any atom is -0.493 e. The Morgan fingerprint density at radius 1 is 1.07 bits per heavy atom. The van der Waals surface area contributed by atoms with Gasteiger partial charge < -0.3 is 20.1 Å². The summed E-state index contributed by atoms with van der Waals surface area (Å²) < 4.78 is 10.6. The van der Waals surface area contributed by atoms with Gasteiger partial charge in [-0.1, -0.05) is 12.1 Å². The predicted molar refractivity (Wildman–Crippen MR) is 106 cm³/mol. The average molecular weight is 376 g/mol. The zero-order valence-corrected chi connectivity index (χ0v) is 15.6. The second-order valence-electron chi connectivity index (χ2n) is 5.85. The second kappa shape index (κ2) is 9.19. The van der Waals surface area contributed by atoms with Gasteiger partial charge in [-0.2, -0.15) is 15.3 Å². The number of ether oxygens (including phenoxy) is 2. The standard InChI is InChI=1S/C20H20N6O2/c1-27-17-7-6-14(11-18(17)28-2)8-9-22-20-25-19(13-23-26-20)24-16-5-3-4-15(10-16)12-21/h3-7,10-11,13H,8-9H2,1-2H3,(H2,22,24,25,26). The van der Waals surface area contributed by atoms with Crippen molar-refractivity contribution in [3.05, 3.63) is 59.8 Å². The van der Waals surface area contributed by atoms with Crippen LogP contribution in [0.15, 0.2) is 48.7 Å². The van der Waals surface area contributed by atoms with Crippen molar-refractivity contribution in [1.29, 1.82) is 5.26 Å². The van der Waals surface area contributed by atoms with Gasteiger partial charge in [-0.3, -0.25) is 0 Å². The average Bonchev–Trinajstić information content (AvgIpc) is 2.74. The fourth-order valence-electron chi connectivity index (χ4n) is 2.61. The van der Waals surface area contributed by atoms with E-state index in [4.69, 9.17) is 14.7 Å². The van der Waals surface area contributed by atoms with E-state index in [0.29, 0.717) is 35.4 Å². The minimum atomic E-state index is 0.418. The van der Waals surface area contributed by atoms with Crippen molar-refractivity contribution < 1.29 is 9.47 Å². The zero-order valence-electron chi connectivity index (χ0n) is 15.6. The molecule has 0 bridgehead atoms. The molecule has 3 rings (SSSR count). The highest BCUT2D eigenvalue weighted by molar-refractivity contribution is 5.58. The van der Waals surface area contributed by atoms with Crippen molar-refractivity contribution in [3.8, 4) is 17.6 Å². The van der Waals surface area contributed by atoms with Crippen molar-refractivity contribution in [3.63, 3.8) is 0 Å². The Morgan fingerprint density at radius 3 is 2.71 bits per heavy atom. The second-order valence-corrected chi connectivity index (χ2v) is 5.85. The lowest BCUT2D eigenvalue weighted by molar-refractivity contribution is 0.354. The number of hydrogen-bond acceptors (Lipinski definition) is 8. The first-order valence-corrected chi connectivity index (χ1v) is 8.63. The molecular formula is C20H20N6O2. The van der Waals surface area contributed by atoms with Crippen LogP contribution in [0.1, 0.15) is 11.1 Å². The molecule has 8 heteroatoms. The molecule has 0 saturated heterocycles. The van der Waals surface area contributed by atoms with Gasteiger partial charge in [0.1, 0.15) is 0 Å². The third kappa shape index (κ3) is 4.86. The summed E-state index contributed by atoms with van der Waals surface area (Å²) >= 11 is 0. The van der Waals surface area contributed by atoms with Crippen molar-refractivity contribution in [2.45, 2.75) is 6.42 Å². The molecule has 0 unspecified atom stereocenters.